The van der Waals surface area contributed by atoms with Crippen molar-refractivity contribution in [3.63, 3.8) is 0 Å². The monoisotopic (exact) mass is 282 g/mol. The summed E-state index contributed by atoms with van der Waals surface area (Å²) in [6.07, 6.45) is 1.42. The molecule has 6 heteroatoms. The van der Waals surface area contributed by atoms with Crippen molar-refractivity contribution >= 4 is 11.7 Å². The van der Waals surface area contributed by atoms with Crippen molar-refractivity contribution in [3.8, 4) is 0 Å². The molecule has 0 bridgehead atoms. The quantitative estimate of drug-likeness (QED) is 0.834. The van der Waals surface area contributed by atoms with Crippen molar-refractivity contribution in [2.75, 3.05) is 32.5 Å². The molecule has 0 saturated heterocycles. The maximum absolute atomic E-state index is 14.1. The Morgan fingerprint density at radius 1 is 1.45 bits per heavy atom. The lowest BCUT2D eigenvalue weighted by Gasteiger charge is -2.32. The van der Waals surface area contributed by atoms with Crippen molar-refractivity contribution in [1.29, 1.82) is 0 Å². The van der Waals surface area contributed by atoms with Gasteiger partial charge in [-0.15, -0.1) is 0 Å². The summed E-state index contributed by atoms with van der Waals surface area (Å²) >= 11 is 0. The van der Waals surface area contributed by atoms with Crippen LogP contribution in [0.1, 0.15) is 31.1 Å². The molecule has 1 amide bonds. The Hall–Kier alpha value is -1.69. The first-order valence-corrected chi connectivity index (χ1v) is 6.63. The molecule has 0 fully saturated rings. The van der Waals surface area contributed by atoms with Gasteiger partial charge in [-0.1, -0.05) is 0 Å². The molecule has 1 heterocycles. The number of carbonyl (C=O) groups excluding carboxylic acids is 1. The van der Waals surface area contributed by atoms with Crippen molar-refractivity contribution in [3.05, 3.63) is 23.6 Å². The van der Waals surface area contributed by atoms with E-state index in [1.807, 2.05) is 39.8 Å². The Bertz CT molecular complexity index is 474. The highest BCUT2D eigenvalue weighted by atomic mass is 19.1. The van der Waals surface area contributed by atoms with Crippen molar-refractivity contribution in [2.45, 2.75) is 26.3 Å². The van der Waals surface area contributed by atoms with Gasteiger partial charge in [0, 0.05) is 24.8 Å². The number of hydrogen-bond donors (Lipinski definition) is 2. The van der Waals surface area contributed by atoms with Crippen molar-refractivity contribution < 1.29 is 9.18 Å². The van der Waals surface area contributed by atoms with E-state index in [9.17, 15) is 9.18 Å². The zero-order chi connectivity index (χ0) is 15.3. The van der Waals surface area contributed by atoms with Gasteiger partial charge in [-0.3, -0.25) is 4.79 Å². The molecule has 0 aliphatic heterocycles. The van der Waals surface area contributed by atoms with Gasteiger partial charge in [0.2, 0.25) is 0 Å². The molecule has 0 aliphatic rings. The number of halogens is 1. The van der Waals surface area contributed by atoms with Crippen LogP contribution in [-0.2, 0) is 0 Å². The van der Waals surface area contributed by atoms with E-state index < -0.39 is 11.7 Å². The normalized spacial score (nSPS) is 11.6. The van der Waals surface area contributed by atoms with Crippen LogP contribution in [0.2, 0.25) is 0 Å². The minimum Gasteiger partial charge on any atom is -0.368 e. The van der Waals surface area contributed by atoms with Gasteiger partial charge in [0.15, 0.2) is 11.6 Å². The van der Waals surface area contributed by atoms with Gasteiger partial charge < -0.3 is 15.5 Å². The number of rotatable bonds is 6. The van der Waals surface area contributed by atoms with Crippen LogP contribution in [0, 0.1) is 5.82 Å². The Morgan fingerprint density at radius 3 is 2.65 bits per heavy atom. The van der Waals surface area contributed by atoms with Crippen LogP contribution in [0.25, 0.3) is 0 Å². The Morgan fingerprint density at radius 2 is 2.10 bits per heavy atom. The number of hydrogen-bond acceptors (Lipinski definition) is 4. The van der Waals surface area contributed by atoms with E-state index in [-0.39, 0.29) is 16.9 Å². The molecule has 1 aromatic rings. The van der Waals surface area contributed by atoms with Crippen LogP contribution in [-0.4, -0.2) is 48.5 Å². The molecule has 0 aromatic carbocycles. The highest BCUT2D eigenvalue weighted by Gasteiger charge is 2.23. The van der Waals surface area contributed by atoms with Crippen molar-refractivity contribution in [1.82, 2.24) is 15.2 Å². The van der Waals surface area contributed by atoms with Crippen LogP contribution in [0.5, 0.6) is 0 Å². The van der Waals surface area contributed by atoms with Crippen LogP contribution in [0.4, 0.5) is 10.2 Å². The first-order valence-electron chi connectivity index (χ1n) is 6.63. The third-order valence-corrected chi connectivity index (χ3v) is 3.37. The first kappa shape index (κ1) is 16.4. The van der Waals surface area contributed by atoms with E-state index in [0.717, 1.165) is 0 Å². The summed E-state index contributed by atoms with van der Waals surface area (Å²) in [5.41, 5.74) is -0.200. The topological polar surface area (TPSA) is 57.3 Å². The summed E-state index contributed by atoms with van der Waals surface area (Å²) in [5.74, 6) is -0.944. The number of anilines is 1. The number of likely N-dealkylation sites (N-methyl/N-ethyl adjacent to an activating group) is 1. The van der Waals surface area contributed by atoms with E-state index in [1.54, 1.807) is 0 Å². The fraction of sp³-hybridized carbons (Fsp3) is 0.571. The molecule has 0 spiro atoms. The maximum atomic E-state index is 14.1. The number of nitrogens with one attached hydrogen (secondary N) is 2. The van der Waals surface area contributed by atoms with Crippen LogP contribution in [0.15, 0.2) is 12.3 Å². The number of amides is 1. The average molecular weight is 282 g/mol. The summed E-state index contributed by atoms with van der Waals surface area (Å²) in [7, 11) is 3.87. The van der Waals surface area contributed by atoms with E-state index in [0.29, 0.717) is 13.1 Å². The van der Waals surface area contributed by atoms with Crippen LogP contribution < -0.4 is 10.6 Å². The fourth-order valence-electron chi connectivity index (χ4n) is 1.46. The predicted molar refractivity (Wildman–Crippen MR) is 78.5 cm³/mol. The molecular formula is C14H23FN4O. The lowest BCUT2D eigenvalue weighted by Crippen LogP contribution is -2.48. The first-order chi connectivity index (χ1) is 9.29. The molecule has 20 heavy (non-hydrogen) atoms. The van der Waals surface area contributed by atoms with Gasteiger partial charge in [-0.05, 0) is 40.9 Å². The van der Waals surface area contributed by atoms with Crippen LogP contribution in [0.3, 0.4) is 0 Å². The van der Waals surface area contributed by atoms with Gasteiger partial charge in [-0.25, -0.2) is 9.37 Å². The zero-order valence-electron chi connectivity index (χ0n) is 12.7. The zero-order valence-corrected chi connectivity index (χ0v) is 12.7. The summed E-state index contributed by atoms with van der Waals surface area (Å²) in [5, 5.41) is 5.54. The SMILES string of the molecule is CCNc1nccc(C(=O)NCC(C)(C)N(C)C)c1F. The van der Waals surface area contributed by atoms with E-state index in [4.69, 9.17) is 0 Å². The summed E-state index contributed by atoms with van der Waals surface area (Å²) in [6, 6.07) is 1.38. The lowest BCUT2D eigenvalue weighted by atomic mass is 10.0. The van der Waals surface area contributed by atoms with Gasteiger partial charge in [-0.2, -0.15) is 0 Å². The molecule has 0 unspecified atom stereocenters. The molecule has 112 valence electrons. The largest absolute Gasteiger partial charge is 0.368 e. The molecule has 0 aliphatic carbocycles. The summed E-state index contributed by atoms with van der Waals surface area (Å²) in [4.78, 5) is 17.9. The minimum absolute atomic E-state index is 0.00510. The second-order valence-corrected chi connectivity index (χ2v) is 5.44. The maximum Gasteiger partial charge on any atom is 0.254 e. The van der Waals surface area contributed by atoms with E-state index in [2.05, 4.69) is 15.6 Å². The Labute approximate surface area is 119 Å². The number of carbonyl (C=O) groups is 1. The molecule has 1 aromatic heterocycles. The lowest BCUT2D eigenvalue weighted by molar-refractivity contribution is 0.0915. The van der Waals surface area contributed by atoms with E-state index in [1.165, 1.54) is 12.3 Å². The third-order valence-electron chi connectivity index (χ3n) is 3.37. The Kier molecular flexibility index (Phi) is 5.44. The van der Waals surface area contributed by atoms with Gasteiger partial charge in [0.05, 0.1) is 5.56 Å². The average Bonchev–Trinajstić information content (AvgIpc) is 2.38. The molecular weight excluding hydrogens is 259 g/mol. The predicted octanol–water partition coefficient (Wildman–Crippen LogP) is 1.72. The Balaban J connectivity index is 2.81. The number of pyridine rings is 1. The molecule has 5 nitrogen and oxygen atoms in total. The molecule has 0 radical (unpaired) electrons. The number of nitrogens with zero attached hydrogens (tertiary/aromatic N) is 2. The molecule has 1 rings (SSSR count). The third kappa shape index (κ3) is 3.90. The van der Waals surface area contributed by atoms with Gasteiger partial charge in [0.25, 0.3) is 5.91 Å². The van der Waals surface area contributed by atoms with Crippen molar-refractivity contribution in [2.24, 2.45) is 0 Å². The smallest absolute Gasteiger partial charge is 0.254 e. The highest BCUT2D eigenvalue weighted by molar-refractivity contribution is 5.95. The highest BCUT2D eigenvalue weighted by Crippen LogP contribution is 2.15. The standard InChI is InChI=1S/C14H23FN4O/c1-6-16-12-11(15)10(7-8-17-12)13(20)18-9-14(2,3)19(4)5/h7-8H,6,9H2,1-5H3,(H,16,17)(H,18,20). The van der Waals surface area contributed by atoms with Gasteiger partial charge in [0.1, 0.15) is 0 Å². The van der Waals surface area contributed by atoms with Gasteiger partial charge >= 0.3 is 0 Å². The van der Waals surface area contributed by atoms with Crippen LogP contribution >= 0.6 is 0 Å². The fourth-order valence-corrected chi connectivity index (χ4v) is 1.46. The minimum atomic E-state index is -0.616. The molecule has 2 N–H and O–H groups in total. The summed E-state index contributed by atoms with van der Waals surface area (Å²) in [6.45, 7) is 6.81. The number of aromatic nitrogens is 1. The summed E-state index contributed by atoms with van der Waals surface area (Å²) < 4.78 is 14.1. The van der Waals surface area contributed by atoms with E-state index >= 15 is 0 Å². The second-order valence-electron chi connectivity index (χ2n) is 5.44. The molecule has 0 atom stereocenters. The molecule has 0 saturated carbocycles. The second kappa shape index (κ2) is 6.65.